The van der Waals surface area contributed by atoms with Gasteiger partial charge in [-0.2, -0.15) is 0 Å². The monoisotopic (exact) mass is 294 g/mol. The van der Waals surface area contributed by atoms with Crippen LogP contribution in [0.5, 0.6) is 0 Å². The Hall–Kier alpha value is -1.42. The fourth-order valence-electron chi connectivity index (χ4n) is 2.13. The van der Waals surface area contributed by atoms with Crippen molar-refractivity contribution in [3.05, 3.63) is 71.5 Å². The van der Waals surface area contributed by atoms with Crippen LogP contribution in [0.25, 0.3) is 0 Å². The Morgan fingerprint density at radius 1 is 0.900 bits per heavy atom. The molecule has 0 aliphatic heterocycles. The zero-order valence-electron chi connectivity index (χ0n) is 11.3. The Bertz CT molecular complexity index is 505. The van der Waals surface area contributed by atoms with E-state index >= 15 is 0 Å². The summed E-state index contributed by atoms with van der Waals surface area (Å²) < 4.78 is 13.2. The molecule has 0 amide bonds. The molecule has 0 saturated heterocycles. The zero-order chi connectivity index (χ0) is 13.5. The number of hydrogen-bond acceptors (Lipinski definition) is 2. The van der Waals surface area contributed by atoms with Crippen molar-refractivity contribution in [2.75, 3.05) is 13.1 Å². The second-order valence-corrected chi connectivity index (χ2v) is 4.61. The van der Waals surface area contributed by atoms with Crippen LogP contribution in [-0.4, -0.2) is 18.0 Å². The van der Waals surface area contributed by atoms with Crippen LogP contribution in [0.15, 0.2) is 54.6 Å². The van der Waals surface area contributed by atoms with Gasteiger partial charge in [0.25, 0.3) is 0 Å². The summed E-state index contributed by atoms with van der Waals surface area (Å²) in [5.41, 5.74) is 7.87. The Labute approximate surface area is 125 Å². The highest BCUT2D eigenvalue weighted by Gasteiger charge is 2.06. The molecule has 108 valence electrons. The molecule has 0 fully saturated rings. The molecule has 0 spiro atoms. The molecule has 0 aromatic heterocycles. The minimum atomic E-state index is -0.190. The molecule has 0 heterocycles. The summed E-state index contributed by atoms with van der Waals surface area (Å²) in [5, 5.41) is 0. The van der Waals surface area contributed by atoms with Crippen molar-refractivity contribution in [1.29, 1.82) is 0 Å². The molecular weight excluding hydrogens is 275 g/mol. The summed E-state index contributed by atoms with van der Waals surface area (Å²) in [5.74, 6) is -0.190. The van der Waals surface area contributed by atoms with Crippen molar-refractivity contribution in [2.24, 2.45) is 5.73 Å². The molecule has 2 rings (SSSR count). The van der Waals surface area contributed by atoms with Gasteiger partial charge in [-0.3, -0.25) is 4.90 Å². The summed E-state index contributed by atoms with van der Waals surface area (Å²) in [7, 11) is 0. The first-order valence-corrected chi connectivity index (χ1v) is 6.49. The number of benzene rings is 2. The summed E-state index contributed by atoms with van der Waals surface area (Å²) in [4.78, 5) is 2.23. The van der Waals surface area contributed by atoms with E-state index in [4.69, 9.17) is 5.73 Å². The van der Waals surface area contributed by atoms with Gasteiger partial charge in [-0.1, -0.05) is 42.5 Å². The van der Waals surface area contributed by atoms with Crippen molar-refractivity contribution >= 4 is 12.4 Å². The molecule has 2 aromatic rings. The molecule has 0 atom stereocenters. The first kappa shape index (κ1) is 16.6. The van der Waals surface area contributed by atoms with Gasteiger partial charge in [0.15, 0.2) is 0 Å². The van der Waals surface area contributed by atoms with Gasteiger partial charge in [-0.15, -0.1) is 12.4 Å². The molecule has 0 bridgehead atoms. The lowest BCUT2D eigenvalue weighted by atomic mass is 10.1. The van der Waals surface area contributed by atoms with Crippen molar-refractivity contribution < 1.29 is 4.39 Å². The van der Waals surface area contributed by atoms with Crippen LogP contribution in [0.4, 0.5) is 4.39 Å². The van der Waals surface area contributed by atoms with Crippen LogP contribution in [0.3, 0.4) is 0 Å². The number of rotatable bonds is 6. The molecule has 0 aliphatic carbocycles. The van der Waals surface area contributed by atoms with Gasteiger partial charge in [-0.25, -0.2) is 4.39 Å². The smallest absolute Gasteiger partial charge is 0.123 e. The molecular formula is C16H20ClFN2. The molecule has 20 heavy (non-hydrogen) atoms. The highest BCUT2D eigenvalue weighted by atomic mass is 35.5. The molecule has 4 heteroatoms. The largest absolute Gasteiger partial charge is 0.329 e. The standard InChI is InChI=1S/C16H19FN2.ClH/c17-16-8-4-7-15(11-16)13-19(10-9-18)12-14-5-2-1-3-6-14;/h1-8,11H,9-10,12-13,18H2;1H. The SMILES string of the molecule is Cl.NCCN(Cc1ccccc1)Cc1cccc(F)c1. The van der Waals surface area contributed by atoms with Gasteiger partial charge < -0.3 is 5.73 Å². The zero-order valence-corrected chi connectivity index (χ0v) is 12.2. The Morgan fingerprint density at radius 2 is 1.55 bits per heavy atom. The van der Waals surface area contributed by atoms with Gasteiger partial charge in [0.1, 0.15) is 5.82 Å². The Balaban J connectivity index is 0.00000200. The van der Waals surface area contributed by atoms with E-state index in [1.807, 2.05) is 24.3 Å². The Morgan fingerprint density at radius 3 is 2.20 bits per heavy atom. The van der Waals surface area contributed by atoms with Crippen LogP contribution in [0.2, 0.25) is 0 Å². The minimum Gasteiger partial charge on any atom is -0.329 e. The molecule has 0 radical (unpaired) electrons. The lowest BCUT2D eigenvalue weighted by Crippen LogP contribution is -2.28. The predicted octanol–water partition coefficient (Wildman–Crippen LogP) is 3.21. The van der Waals surface area contributed by atoms with E-state index in [1.165, 1.54) is 11.6 Å². The lowest BCUT2D eigenvalue weighted by molar-refractivity contribution is 0.264. The van der Waals surface area contributed by atoms with Crippen molar-refractivity contribution in [2.45, 2.75) is 13.1 Å². The highest BCUT2D eigenvalue weighted by Crippen LogP contribution is 2.10. The first-order chi connectivity index (χ1) is 9.28. The molecule has 0 aliphatic rings. The topological polar surface area (TPSA) is 29.3 Å². The average Bonchev–Trinajstić information content (AvgIpc) is 2.40. The maximum atomic E-state index is 13.2. The van der Waals surface area contributed by atoms with Gasteiger partial charge in [-0.05, 0) is 23.3 Å². The number of nitrogens with zero attached hydrogens (tertiary/aromatic N) is 1. The Kier molecular flexibility index (Phi) is 7.23. The van der Waals surface area contributed by atoms with E-state index < -0.39 is 0 Å². The van der Waals surface area contributed by atoms with Crippen LogP contribution in [0, 0.1) is 5.82 Å². The number of halogens is 2. The van der Waals surface area contributed by atoms with Crippen LogP contribution >= 0.6 is 12.4 Å². The molecule has 0 saturated carbocycles. The van der Waals surface area contributed by atoms with E-state index in [0.717, 1.165) is 18.7 Å². The first-order valence-electron chi connectivity index (χ1n) is 6.49. The molecule has 0 unspecified atom stereocenters. The fraction of sp³-hybridized carbons (Fsp3) is 0.250. The van der Waals surface area contributed by atoms with Gasteiger partial charge in [0, 0.05) is 26.2 Å². The van der Waals surface area contributed by atoms with Crippen LogP contribution in [-0.2, 0) is 13.1 Å². The quantitative estimate of drug-likeness (QED) is 0.886. The minimum absolute atomic E-state index is 0. The van der Waals surface area contributed by atoms with Gasteiger partial charge in [0.2, 0.25) is 0 Å². The highest BCUT2D eigenvalue weighted by molar-refractivity contribution is 5.85. The molecule has 2 aromatic carbocycles. The van der Waals surface area contributed by atoms with Gasteiger partial charge in [0.05, 0.1) is 0 Å². The maximum Gasteiger partial charge on any atom is 0.123 e. The van der Waals surface area contributed by atoms with Crippen molar-refractivity contribution in [3.63, 3.8) is 0 Å². The number of nitrogens with two attached hydrogens (primary N) is 1. The fourth-order valence-corrected chi connectivity index (χ4v) is 2.13. The van der Waals surface area contributed by atoms with E-state index in [-0.39, 0.29) is 18.2 Å². The molecule has 2 nitrogen and oxygen atoms in total. The van der Waals surface area contributed by atoms with E-state index in [9.17, 15) is 4.39 Å². The van der Waals surface area contributed by atoms with E-state index in [0.29, 0.717) is 13.1 Å². The predicted molar refractivity (Wildman–Crippen MR) is 83.3 cm³/mol. The number of hydrogen-bond donors (Lipinski definition) is 1. The van der Waals surface area contributed by atoms with E-state index in [1.54, 1.807) is 12.1 Å². The van der Waals surface area contributed by atoms with Crippen molar-refractivity contribution in [1.82, 2.24) is 4.90 Å². The summed E-state index contributed by atoms with van der Waals surface area (Å²) in [6, 6.07) is 17.0. The lowest BCUT2D eigenvalue weighted by Gasteiger charge is -2.21. The third-order valence-corrected chi connectivity index (χ3v) is 2.99. The van der Waals surface area contributed by atoms with Crippen molar-refractivity contribution in [3.8, 4) is 0 Å². The molecule has 2 N–H and O–H groups in total. The second kappa shape index (κ2) is 8.69. The second-order valence-electron chi connectivity index (χ2n) is 4.61. The van der Waals surface area contributed by atoms with Crippen LogP contribution < -0.4 is 5.73 Å². The summed E-state index contributed by atoms with van der Waals surface area (Å²) >= 11 is 0. The van der Waals surface area contributed by atoms with Crippen LogP contribution in [0.1, 0.15) is 11.1 Å². The maximum absolute atomic E-state index is 13.2. The third kappa shape index (κ3) is 5.29. The normalized spacial score (nSPS) is 10.3. The van der Waals surface area contributed by atoms with Gasteiger partial charge >= 0.3 is 0 Å². The van der Waals surface area contributed by atoms with E-state index in [2.05, 4.69) is 17.0 Å². The average molecular weight is 295 g/mol. The summed E-state index contributed by atoms with van der Waals surface area (Å²) in [6.45, 7) is 2.94. The third-order valence-electron chi connectivity index (χ3n) is 2.99. The summed E-state index contributed by atoms with van der Waals surface area (Å²) in [6.07, 6.45) is 0.